The van der Waals surface area contributed by atoms with E-state index in [1.807, 2.05) is 4.90 Å². The molecule has 0 aromatic carbocycles. The van der Waals surface area contributed by atoms with Crippen LogP contribution in [0.3, 0.4) is 0 Å². The Kier molecular flexibility index (Phi) is 6.35. The van der Waals surface area contributed by atoms with Crippen LogP contribution in [0.2, 0.25) is 0 Å². The molecular weight excluding hydrogens is 461 g/mol. The van der Waals surface area contributed by atoms with E-state index in [-0.39, 0.29) is 42.6 Å². The van der Waals surface area contributed by atoms with Gasteiger partial charge in [0.1, 0.15) is 0 Å². The van der Waals surface area contributed by atoms with Gasteiger partial charge in [-0.1, -0.05) is 6.42 Å². The molecule has 3 aliphatic heterocycles. The standard InChI is InChI=1S/C25H39F3N4O3/c1-31-14-29-30-22(31)10-24(12-34-13-24)15-3-2-4-16(7-15)32-11-20-19(23(32)33)8-18(35-17-5-6-17)9-21(20)25(26,27)28/h15-22,29-30H,2-14H2,1H3. The predicted octanol–water partition coefficient (Wildman–Crippen LogP) is 2.87. The Morgan fingerprint density at radius 2 is 1.91 bits per heavy atom. The number of hydrogen-bond acceptors (Lipinski definition) is 6. The molecule has 6 fully saturated rings. The average molecular weight is 501 g/mol. The number of likely N-dealkylation sites (tertiary alicyclic amines) is 1. The Bertz CT molecular complexity index is 805. The zero-order chi connectivity index (χ0) is 24.4. The van der Waals surface area contributed by atoms with E-state index in [9.17, 15) is 18.0 Å². The van der Waals surface area contributed by atoms with Crippen molar-refractivity contribution in [3.8, 4) is 0 Å². The number of rotatable bonds is 6. The molecule has 7 atom stereocenters. The highest BCUT2D eigenvalue weighted by molar-refractivity contribution is 5.82. The molecule has 3 aliphatic carbocycles. The molecule has 3 heterocycles. The van der Waals surface area contributed by atoms with Gasteiger partial charge in [-0.2, -0.15) is 13.2 Å². The molecule has 0 radical (unpaired) electrons. The third-order valence-corrected chi connectivity index (χ3v) is 9.87. The lowest BCUT2D eigenvalue weighted by atomic mass is 9.64. The Morgan fingerprint density at radius 1 is 1.11 bits per heavy atom. The summed E-state index contributed by atoms with van der Waals surface area (Å²) in [6, 6.07) is 0.0356. The van der Waals surface area contributed by atoms with Gasteiger partial charge in [-0.25, -0.2) is 10.9 Å². The third kappa shape index (κ3) is 4.62. The van der Waals surface area contributed by atoms with E-state index in [4.69, 9.17) is 9.47 Å². The Hall–Kier alpha value is -0.940. The van der Waals surface area contributed by atoms with Gasteiger partial charge in [-0.05, 0) is 70.3 Å². The molecule has 3 saturated carbocycles. The van der Waals surface area contributed by atoms with Gasteiger partial charge in [0.05, 0.1) is 44.2 Å². The van der Waals surface area contributed by atoms with Crippen LogP contribution in [0.15, 0.2) is 0 Å². The minimum atomic E-state index is -4.29. The fourth-order valence-corrected chi connectivity index (χ4v) is 7.64. The zero-order valence-corrected chi connectivity index (χ0v) is 20.6. The van der Waals surface area contributed by atoms with Crippen molar-refractivity contribution in [3.05, 3.63) is 0 Å². The first-order chi connectivity index (χ1) is 16.7. The van der Waals surface area contributed by atoms with Gasteiger partial charge in [0.15, 0.2) is 0 Å². The maximum Gasteiger partial charge on any atom is 0.392 e. The molecule has 1 amide bonds. The van der Waals surface area contributed by atoms with Crippen LogP contribution in [0.1, 0.15) is 57.8 Å². The molecule has 7 nitrogen and oxygen atoms in total. The van der Waals surface area contributed by atoms with Crippen molar-refractivity contribution in [1.29, 1.82) is 0 Å². The van der Waals surface area contributed by atoms with Crippen LogP contribution in [-0.4, -0.2) is 79.8 Å². The van der Waals surface area contributed by atoms with E-state index in [2.05, 4.69) is 22.8 Å². The summed E-state index contributed by atoms with van der Waals surface area (Å²) in [5.74, 6) is -2.26. The minimum absolute atomic E-state index is 0.00592. The van der Waals surface area contributed by atoms with Crippen LogP contribution in [0.5, 0.6) is 0 Å². The number of nitrogens with zero attached hydrogens (tertiary/aromatic N) is 2. The quantitative estimate of drug-likeness (QED) is 0.585. The summed E-state index contributed by atoms with van der Waals surface area (Å²) in [6.45, 7) is 2.51. The maximum atomic E-state index is 14.1. The first-order valence-electron chi connectivity index (χ1n) is 13.5. The van der Waals surface area contributed by atoms with Crippen molar-refractivity contribution < 1.29 is 27.4 Å². The molecule has 0 spiro atoms. The lowest BCUT2D eigenvalue weighted by molar-refractivity contribution is -0.211. The molecule has 2 N–H and O–H groups in total. The average Bonchev–Trinajstić information content (AvgIpc) is 3.42. The van der Waals surface area contributed by atoms with Crippen LogP contribution in [0.25, 0.3) is 0 Å². The third-order valence-electron chi connectivity index (χ3n) is 9.87. The van der Waals surface area contributed by atoms with Gasteiger partial charge in [-0.15, -0.1) is 0 Å². The molecule has 35 heavy (non-hydrogen) atoms. The molecule has 6 rings (SSSR count). The van der Waals surface area contributed by atoms with Crippen molar-refractivity contribution in [2.24, 2.45) is 29.1 Å². The Balaban J connectivity index is 1.16. The smallest absolute Gasteiger partial charge is 0.380 e. The number of amides is 1. The molecule has 0 aromatic rings. The number of alkyl halides is 3. The van der Waals surface area contributed by atoms with E-state index in [0.29, 0.717) is 12.3 Å². The molecular formula is C25H39F3N4O3. The summed E-state index contributed by atoms with van der Waals surface area (Å²) >= 11 is 0. The molecule has 7 unspecified atom stereocenters. The van der Waals surface area contributed by atoms with Gasteiger partial charge in [0.2, 0.25) is 5.91 Å². The number of nitrogens with one attached hydrogen (secondary N) is 2. The molecule has 10 heteroatoms. The van der Waals surface area contributed by atoms with Gasteiger partial charge in [-0.3, -0.25) is 9.69 Å². The fraction of sp³-hybridized carbons (Fsp3) is 0.960. The van der Waals surface area contributed by atoms with E-state index < -0.39 is 30.0 Å². The van der Waals surface area contributed by atoms with Crippen LogP contribution in [0, 0.1) is 29.1 Å². The van der Waals surface area contributed by atoms with Crippen LogP contribution >= 0.6 is 0 Å². The van der Waals surface area contributed by atoms with Crippen molar-refractivity contribution in [1.82, 2.24) is 20.7 Å². The highest BCUT2D eigenvalue weighted by Gasteiger charge is 2.59. The summed E-state index contributed by atoms with van der Waals surface area (Å²) in [4.78, 5) is 17.7. The summed E-state index contributed by atoms with van der Waals surface area (Å²) in [5, 5.41) is 0. The van der Waals surface area contributed by atoms with E-state index in [0.717, 1.165) is 64.8 Å². The van der Waals surface area contributed by atoms with E-state index in [1.54, 1.807) is 0 Å². The summed E-state index contributed by atoms with van der Waals surface area (Å²) in [5.41, 5.74) is 6.63. The second kappa shape index (κ2) is 9.11. The van der Waals surface area contributed by atoms with Crippen LogP contribution in [-0.2, 0) is 14.3 Å². The fourth-order valence-electron chi connectivity index (χ4n) is 7.64. The van der Waals surface area contributed by atoms with E-state index >= 15 is 0 Å². The first kappa shape index (κ1) is 24.4. The number of halogens is 3. The van der Waals surface area contributed by atoms with Gasteiger partial charge >= 0.3 is 6.18 Å². The summed E-state index contributed by atoms with van der Waals surface area (Å²) in [7, 11) is 2.09. The first-order valence-corrected chi connectivity index (χ1v) is 13.5. The molecule has 6 aliphatic rings. The monoisotopic (exact) mass is 500 g/mol. The molecule has 198 valence electrons. The molecule has 0 aromatic heterocycles. The predicted molar refractivity (Wildman–Crippen MR) is 122 cm³/mol. The minimum Gasteiger partial charge on any atom is -0.380 e. The highest BCUT2D eigenvalue weighted by atomic mass is 19.4. The lowest BCUT2D eigenvalue weighted by Crippen LogP contribution is -2.56. The van der Waals surface area contributed by atoms with Crippen LogP contribution < -0.4 is 10.9 Å². The normalized spacial score (nSPS) is 42.2. The number of ether oxygens (including phenoxy) is 2. The highest BCUT2D eigenvalue weighted by Crippen LogP contribution is 2.52. The topological polar surface area (TPSA) is 66.1 Å². The SMILES string of the molecule is CN1CNNC1CC1(C2CCCC(N3CC4C(CC(OC5CC5)CC4C(F)(F)F)C3=O)C2)COC1. The van der Waals surface area contributed by atoms with Crippen LogP contribution in [0.4, 0.5) is 13.2 Å². The molecule has 0 bridgehead atoms. The van der Waals surface area contributed by atoms with Crippen molar-refractivity contribution in [2.45, 2.75) is 88.4 Å². The van der Waals surface area contributed by atoms with Gasteiger partial charge in [0, 0.05) is 23.9 Å². The van der Waals surface area contributed by atoms with Crippen molar-refractivity contribution in [3.63, 3.8) is 0 Å². The number of carbonyl (C=O) groups excluding carboxylic acids is 1. The van der Waals surface area contributed by atoms with Crippen molar-refractivity contribution >= 4 is 5.91 Å². The largest absolute Gasteiger partial charge is 0.392 e. The second-order valence-electron chi connectivity index (χ2n) is 12.2. The van der Waals surface area contributed by atoms with Gasteiger partial charge in [0.25, 0.3) is 0 Å². The van der Waals surface area contributed by atoms with Crippen molar-refractivity contribution in [2.75, 3.05) is 33.5 Å². The Labute approximate surface area is 205 Å². The second-order valence-corrected chi connectivity index (χ2v) is 12.2. The number of hydrazine groups is 1. The zero-order valence-electron chi connectivity index (χ0n) is 20.6. The van der Waals surface area contributed by atoms with Gasteiger partial charge < -0.3 is 14.4 Å². The van der Waals surface area contributed by atoms with E-state index in [1.165, 1.54) is 0 Å². The molecule has 3 saturated heterocycles. The Morgan fingerprint density at radius 3 is 2.54 bits per heavy atom. The maximum absolute atomic E-state index is 14.1. The number of hydrogen-bond donors (Lipinski definition) is 2. The summed E-state index contributed by atoms with van der Waals surface area (Å²) < 4.78 is 53.9. The summed E-state index contributed by atoms with van der Waals surface area (Å²) in [6.07, 6.45) is 2.76. The number of carbonyl (C=O) groups is 1. The lowest BCUT2D eigenvalue weighted by Gasteiger charge is -2.52. The number of fused-ring (bicyclic) bond motifs is 1.